The summed E-state index contributed by atoms with van der Waals surface area (Å²) in [6.07, 6.45) is 7.63. The largest absolute Gasteiger partial charge is 0.544 e. The maximum absolute atomic E-state index is 6.11. The highest BCUT2D eigenvalue weighted by Crippen LogP contribution is 2.31. The summed E-state index contributed by atoms with van der Waals surface area (Å²) in [5, 5.41) is 0. The first kappa shape index (κ1) is 11.2. The van der Waals surface area contributed by atoms with E-state index in [-0.39, 0.29) is 0 Å². The van der Waals surface area contributed by atoms with Gasteiger partial charge in [0.15, 0.2) is 0 Å². The van der Waals surface area contributed by atoms with E-state index in [0.717, 1.165) is 12.2 Å². The molecule has 0 aromatic heterocycles. The molecule has 0 unspecified atom stereocenters. The molecule has 1 aliphatic carbocycles. The molecule has 0 radical (unpaired) electrons. The Morgan fingerprint density at radius 1 is 1.12 bits per heavy atom. The fourth-order valence-electron chi connectivity index (χ4n) is 1.78. The lowest BCUT2D eigenvalue weighted by molar-refractivity contribution is 0.556. The van der Waals surface area contributed by atoms with Gasteiger partial charge in [0.25, 0.3) is 0 Å². The lowest BCUT2D eigenvalue weighted by atomic mass is 10.1. The molecule has 2 heteroatoms. The highest BCUT2D eigenvalue weighted by Gasteiger charge is 2.18. The van der Waals surface area contributed by atoms with E-state index in [0.29, 0.717) is 0 Å². The molecule has 0 N–H and O–H groups in total. The van der Waals surface area contributed by atoms with E-state index in [9.17, 15) is 0 Å². The summed E-state index contributed by atoms with van der Waals surface area (Å²) < 4.78 is 6.11. The van der Waals surface area contributed by atoms with Crippen molar-refractivity contribution in [1.82, 2.24) is 0 Å². The van der Waals surface area contributed by atoms with Gasteiger partial charge < -0.3 is 4.43 Å². The van der Waals surface area contributed by atoms with Gasteiger partial charge in [-0.2, -0.15) is 0 Å². The van der Waals surface area contributed by atoms with Gasteiger partial charge in [0, 0.05) is 5.56 Å². The van der Waals surface area contributed by atoms with Crippen molar-refractivity contribution in [3.8, 4) is 5.75 Å². The molecule has 0 amide bonds. The van der Waals surface area contributed by atoms with E-state index in [2.05, 4.69) is 56.1 Å². The van der Waals surface area contributed by atoms with Crippen LogP contribution in [0.15, 0.2) is 42.5 Å². The minimum atomic E-state index is -1.53. The summed E-state index contributed by atoms with van der Waals surface area (Å²) in [7, 11) is -1.53. The lowest BCUT2D eigenvalue weighted by Gasteiger charge is -2.21. The molecule has 0 bridgehead atoms. The fraction of sp³-hybridized carbons (Fsp3) is 0.286. The third kappa shape index (κ3) is 2.64. The minimum absolute atomic E-state index is 1.03. The molecule has 0 spiro atoms. The SMILES string of the molecule is C[Si](C)(C)Oc1ccccc1C1=CCC=C1. The van der Waals surface area contributed by atoms with Crippen molar-refractivity contribution in [3.63, 3.8) is 0 Å². The molecule has 2 rings (SSSR count). The van der Waals surface area contributed by atoms with Crippen LogP contribution < -0.4 is 4.43 Å². The monoisotopic (exact) mass is 230 g/mol. The Balaban J connectivity index is 2.34. The average molecular weight is 230 g/mol. The zero-order valence-corrected chi connectivity index (χ0v) is 11.2. The molecule has 16 heavy (non-hydrogen) atoms. The van der Waals surface area contributed by atoms with Crippen LogP contribution in [0.5, 0.6) is 5.75 Å². The van der Waals surface area contributed by atoms with Gasteiger partial charge in [0.05, 0.1) is 0 Å². The van der Waals surface area contributed by atoms with Gasteiger partial charge in [-0.15, -0.1) is 0 Å². The molecule has 1 aromatic carbocycles. The molecular weight excluding hydrogens is 212 g/mol. The van der Waals surface area contributed by atoms with Crippen LogP contribution in [0.25, 0.3) is 5.57 Å². The average Bonchev–Trinajstić information content (AvgIpc) is 2.69. The number of rotatable bonds is 3. The van der Waals surface area contributed by atoms with Crippen LogP contribution in [0, 0.1) is 0 Å². The van der Waals surface area contributed by atoms with E-state index < -0.39 is 8.32 Å². The topological polar surface area (TPSA) is 9.23 Å². The summed E-state index contributed by atoms with van der Waals surface area (Å²) in [6, 6.07) is 8.31. The predicted octanol–water partition coefficient (Wildman–Crippen LogP) is 4.24. The Morgan fingerprint density at radius 2 is 1.88 bits per heavy atom. The molecule has 1 aromatic rings. The zero-order valence-electron chi connectivity index (χ0n) is 10.2. The molecule has 0 heterocycles. The van der Waals surface area contributed by atoms with Crippen molar-refractivity contribution in [2.75, 3.05) is 0 Å². The van der Waals surface area contributed by atoms with E-state index in [1.54, 1.807) is 0 Å². The Morgan fingerprint density at radius 3 is 2.50 bits per heavy atom. The molecule has 0 fully saturated rings. The third-order valence-corrected chi connectivity index (χ3v) is 3.22. The second-order valence-electron chi connectivity index (χ2n) is 5.01. The summed E-state index contributed by atoms with van der Waals surface area (Å²) in [5.74, 6) is 1.03. The van der Waals surface area contributed by atoms with Gasteiger partial charge in [-0.25, -0.2) is 0 Å². The zero-order chi connectivity index (χ0) is 11.6. The maximum Gasteiger partial charge on any atom is 0.242 e. The highest BCUT2D eigenvalue weighted by molar-refractivity contribution is 6.70. The third-order valence-electron chi connectivity index (χ3n) is 2.39. The number of para-hydroxylation sites is 1. The van der Waals surface area contributed by atoms with Crippen LogP contribution in [-0.2, 0) is 0 Å². The van der Waals surface area contributed by atoms with Gasteiger partial charge >= 0.3 is 0 Å². The van der Waals surface area contributed by atoms with Gasteiger partial charge in [0.2, 0.25) is 8.32 Å². The van der Waals surface area contributed by atoms with Crippen molar-refractivity contribution >= 4 is 13.9 Å². The summed E-state index contributed by atoms with van der Waals surface area (Å²) in [4.78, 5) is 0. The van der Waals surface area contributed by atoms with E-state index in [1.807, 2.05) is 6.07 Å². The fourth-order valence-corrected chi connectivity index (χ4v) is 2.62. The van der Waals surface area contributed by atoms with Gasteiger partial charge in [-0.3, -0.25) is 0 Å². The van der Waals surface area contributed by atoms with Crippen molar-refractivity contribution in [2.24, 2.45) is 0 Å². The second-order valence-corrected chi connectivity index (χ2v) is 9.44. The standard InChI is InChI=1S/C14H18OSi/c1-16(2,3)15-14-11-7-6-10-13(14)12-8-4-5-9-12/h4,6-11H,5H2,1-3H3. The molecule has 84 valence electrons. The molecule has 0 atom stereocenters. The number of benzene rings is 1. The molecular formula is C14H18OSi. The molecule has 0 saturated heterocycles. The van der Waals surface area contributed by atoms with Crippen molar-refractivity contribution in [3.05, 3.63) is 48.1 Å². The first-order valence-corrected chi connectivity index (χ1v) is 9.12. The Hall–Kier alpha value is -1.28. The van der Waals surface area contributed by atoms with Crippen LogP contribution in [0.2, 0.25) is 19.6 Å². The summed E-state index contributed by atoms with van der Waals surface area (Å²) >= 11 is 0. The lowest BCUT2D eigenvalue weighted by Crippen LogP contribution is -2.29. The Kier molecular flexibility index (Phi) is 3.01. The minimum Gasteiger partial charge on any atom is -0.544 e. The second kappa shape index (κ2) is 4.30. The maximum atomic E-state index is 6.11. The smallest absolute Gasteiger partial charge is 0.242 e. The van der Waals surface area contributed by atoms with Crippen molar-refractivity contribution in [2.45, 2.75) is 26.1 Å². The van der Waals surface area contributed by atoms with Crippen molar-refractivity contribution < 1.29 is 4.43 Å². The van der Waals surface area contributed by atoms with Crippen LogP contribution in [0.1, 0.15) is 12.0 Å². The van der Waals surface area contributed by atoms with Crippen LogP contribution in [0.4, 0.5) is 0 Å². The molecule has 0 aliphatic heterocycles. The number of hydrogen-bond acceptors (Lipinski definition) is 1. The van der Waals surface area contributed by atoms with E-state index in [4.69, 9.17) is 4.43 Å². The molecule has 0 saturated carbocycles. The van der Waals surface area contributed by atoms with Gasteiger partial charge in [-0.05, 0) is 37.7 Å². The quantitative estimate of drug-likeness (QED) is 0.706. The predicted molar refractivity (Wildman–Crippen MR) is 72.2 cm³/mol. The van der Waals surface area contributed by atoms with E-state index >= 15 is 0 Å². The highest BCUT2D eigenvalue weighted by atomic mass is 28.4. The van der Waals surface area contributed by atoms with Crippen molar-refractivity contribution in [1.29, 1.82) is 0 Å². The normalized spacial score (nSPS) is 15.1. The van der Waals surface area contributed by atoms with Crippen LogP contribution in [0.3, 0.4) is 0 Å². The Labute approximate surface area is 98.6 Å². The first-order valence-electron chi connectivity index (χ1n) is 5.71. The van der Waals surface area contributed by atoms with Crippen LogP contribution in [-0.4, -0.2) is 8.32 Å². The molecule has 1 aliphatic rings. The summed E-state index contributed by atoms with van der Waals surface area (Å²) in [5.41, 5.74) is 2.51. The Bertz CT molecular complexity index is 438. The first-order chi connectivity index (χ1) is 7.56. The number of allylic oxidation sites excluding steroid dienone is 4. The van der Waals surface area contributed by atoms with Gasteiger partial charge in [0.1, 0.15) is 5.75 Å². The van der Waals surface area contributed by atoms with Gasteiger partial charge in [-0.1, -0.05) is 36.4 Å². The van der Waals surface area contributed by atoms with E-state index in [1.165, 1.54) is 11.1 Å². The number of hydrogen-bond donors (Lipinski definition) is 0. The summed E-state index contributed by atoms with van der Waals surface area (Å²) in [6.45, 7) is 6.63. The van der Waals surface area contributed by atoms with Crippen LogP contribution >= 0.6 is 0 Å². The molecule has 1 nitrogen and oxygen atoms in total.